The van der Waals surface area contributed by atoms with Crippen LogP contribution in [0.25, 0.3) is 0 Å². The van der Waals surface area contributed by atoms with Crippen molar-refractivity contribution >= 4 is 16.0 Å². The first-order valence-corrected chi connectivity index (χ1v) is 9.91. The van der Waals surface area contributed by atoms with Crippen molar-refractivity contribution < 1.29 is 27.4 Å². The molecule has 1 atom stereocenters. The van der Waals surface area contributed by atoms with Gasteiger partial charge in [-0.3, -0.25) is 0 Å². The topological polar surface area (TPSA) is 90.9 Å². The number of carbonyl (C=O) groups is 1. The van der Waals surface area contributed by atoms with Crippen LogP contribution in [0.2, 0.25) is 0 Å². The van der Waals surface area contributed by atoms with Crippen molar-refractivity contribution in [1.82, 2.24) is 4.72 Å². The normalized spacial score (nSPS) is 14.5. The fraction of sp³-hybridized carbons (Fsp3) is 0.316. The number of sulfonamides is 1. The molecule has 0 saturated heterocycles. The van der Waals surface area contributed by atoms with Gasteiger partial charge in [0, 0.05) is 6.04 Å². The van der Waals surface area contributed by atoms with Crippen LogP contribution >= 0.6 is 0 Å². The largest absolute Gasteiger partial charge is 0.486 e. The van der Waals surface area contributed by atoms with E-state index >= 15 is 0 Å². The summed E-state index contributed by atoms with van der Waals surface area (Å²) in [5.41, 5.74) is 1.45. The third kappa shape index (κ3) is 4.06. The highest BCUT2D eigenvalue weighted by Gasteiger charge is 2.23. The number of benzene rings is 2. The number of hydrogen-bond donors (Lipinski definition) is 1. The molecule has 1 aliphatic rings. The summed E-state index contributed by atoms with van der Waals surface area (Å²) in [5.74, 6) is 0.640. The average molecular weight is 391 g/mol. The van der Waals surface area contributed by atoms with E-state index in [0.29, 0.717) is 30.3 Å². The smallest absolute Gasteiger partial charge is 0.337 e. The van der Waals surface area contributed by atoms with Gasteiger partial charge in [-0.15, -0.1) is 0 Å². The Labute approximate surface area is 158 Å². The molecule has 144 valence electrons. The maximum Gasteiger partial charge on any atom is 0.337 e. The van der Waals surface area contributed by atoms with Gasteiger partial charge in [-0.25, -0.2) is 17.9 Å². The first-order valence-electron chi connectivity index (χ1n) is 8.42. The number of nitrogens with one attached hydrogen (secondary N) is 1. The van der Waals surface area contributed by atoms with Gasteiger partial charge < -0.3 is 14.2 Å². The molecular formula is C19H21NO6S. The molecule has 1 aliphatic heterocycles. The summed E-state index contributed by atoms with van der Waals surface area (Å²) in [6.45, 7) is 4.35. The van der Waals surface area contributed by atoms with E-state index < -0.39 is 22.0 Å². The lowest BCUT2D eigenvalue weighted by Gasteiger charge is -2.21. The monoisotopic (exact) mass is 391 g/mol. The van der Waals surface area contributed by atoms with Crippen molar-refractivity contribution in [2.75, 3.05) is 20.3 Å². The predicted octanol–water partition coefficient (Wildman–Crippen LogP) is 2.59. The molecule has 0 aliphatic carbocycles. The second kappa shape index (κ2) is 7.58. The second-order valence-corrected chi connectivity index (χ2v) is 7.90. The van der Waals surface area contributed by atoms with Gasteiger partial charge in [-0.1, -0.05) is 12.1 Å². The average Bonchev–Trinajstić information content (AvgIpc) is 2.66. The van der Waals surface area contributed by atoms with E-state index in [-0.39, 0.29) is 10.5 Å². The van der Waals surface area contributed by atoms with Crippen molar-refractivity contribution in [3.63, 3.8) is 0 Å². The van der Waals surface area contributed by atoms with Crippen molar-refractivity contribution in [1.29, 1.82) is 0 Å². The highest BCUT2D eigenvalue weighted by molar-refractivity contribution is 7.89. The number of hydrogen-bond acceptors (Lipinski definition) is 6. The molecule has 3 rings (SSSR count). The Hall–Kier alpha value is -2.58. The molecule has 0 fully saturated rings. The van der Waals surface area contributed by atoms with Gasteiger partial charge >= 0.3 is 5.97 Å². The second-order valence-electron chi connectivity index (χ2n) is 6.22. The third-order valence-corrected chi connectivity index (χ3v) is 5.98. The van der Waals surface area contributed by atoms with E-state index in [1.807, 2.05) is 0 Å². The van der Waals surface area contributed by atoms with E-state index in [1.54, 1.807) is 38.1 Å². The van der Waals surface area contributed by atoms with Gasteiger partial charge in [0.1, 0.15) is 13.2 Å². The number of carbonyl (C=O) groups excluding carboxylic acids is 1. The lowest BCUT2D eigenvalue weighted by Crippen LogP contribution is -2.28. The summed E-state index contributed by atoms with van der Waals surface area (Å²) in [6, 6.07) is 9.24. The molecule has 2 aromatic carbocycles. The molecule has 0 amide bonds. The minimum Gasteiger partial charge on any atom is -0.486 e. The molecule has 0 spiro atoms. The summed E-state index contributed by atoms with van der Waals surface area (Å²) in [7, 11) is -2.61. The molecule has 27 heavy (non-hydrogen) atoms. The van der Waals surface area contributed by atoms with E-state index in [0.717, 1.165) is 5.56 Å². The number of aryl methyl sites for hydroxylation is 1. The van der Waals surface area contributed by atoms with Crippen LogP contribution < -0.4 is 14.2 Å². The lowest BCUT2D eigenvalue weighted by atomic mass is 10.1. The Morgan fingerprint density at radius 1 is 1.11 bits per heavy atom. The van der Waals surface area contributed by atoms with Gasteiger partial charge in [-0.05, 0) is 49.2 Å². The summed E-state index contributed by atoms with van der Waals surface area (Å²) in [4.78, 5) is 11.8. The maximum atomic E-state index is 12.9. The molecule has 0 bridgehead atoms. The summed E-state index contributed by atoms with van der Waals surface area (Å²) in [5, 5.41) is 0. The van der Waals surface area contributed by atoms with Crippen LogP contribution in [0.3, 0.4) is 0 Å². The quantitative estimate of drug-likeness (QED) is 0.788. The Morgan fingerprint density at radius 3 is 2.52 bits per heavy atom. The number of ether oxygens (including phenoxy) is 3. The molecular weight excluding hydrogens is 370 g/mol. The Bertz CT molecular complexity index is 970. The Kier molecular flexibility index (Phi) is 5.38. The van der Waals surface area contributed by atoms with Crippen LogP contribution in [0.4, 0.5) is 0 Å². The molecule has 0 radical (unpaired) electrons. The molecule has 0 saturated carbocycles. The van der Waals surface area contributed by atoms with Crippen LogP contribution in [0.5, 0.6) is 11.5 Å². The first-order chi connectivity index (χ1) is 12.8. The van der Waals surface area contributed by atoms with E-state index in [1.165, 1.54) is 19.2 Å². The third-order valence-electron chi connectivity index (χ3n) is 4.30. The number of esters is 1. The summed E-state index contributed by atoms with van der Waals surface area (Å²) in [6.07, 6.45) is 0. The van der Waals surface area contributed by atoms with Gasteiger partial charge in [0.25, 0.3) is 0 Å². The number of methoxy groups -OCH3 is 1. The summed E-state index contributed by atoms with van der Waals surface area (Å²) < 4.78 is 44.1. The van der Waals surface area contributed by atoms with Gasteiger partial charge in [0.15, 0.2) is 11.5 Å². The SMILES string of the molecule is COC(=O)c1ccc(C)c(S(=O)(=O)N[C@H](C)c2ccc3c(c2)OCCO3)c1. The predicted molar refractivity (Wildman–Crippen MR) is 98.7 cm³/mol. The van der Waals surface area contributed by atoms with Crippen LogP contribution in [0.15, 0.2) is 41.3 Å². The van der Waals surface area contributed by atoms with Crippen molar-refractivity contribution in [2.45, 2.75) is 24.8 Å². The zero-order valence-corrected chi connectivity index (χ0v) is 16.1. The van der Waals surface area contributed by atoms with Crippen LogP contribution in [0, 0.1) is 6.92 Å². The maximum absolute atomic E-state index is 12.9. The summed E-state index contributed by atoms with van der Waals surface area (Å²) >= 11 is 0. The first kappa shape index (κ1) is 19.2. The van der Waals surface area contributed by atoms with Crippen molar-refractivity contribution in [2.24, 2.45) is 0 Å². The highest BCUT2D eigenvalue weighted by atomic mass is 32.2. The molecule has 7 nitrogen and oxygen atoms in total. The Balaban J connectivity index is 1.87. The molecule has 1 heterocycles. The zero-order valence-electron chi connectivity index (χ0n) is 15.3. The van der Waals surface area contributed by atoms with E-state index in [9.17, 15) is 13.2 Å². The molecule has 2 aromatic rings. The molecule has 0 unspecified atom stereocenters. The number of fused-ring (bicyclic) bond motifs is 1. The lowest BCUT2D eigenvalue weighted by molar-refractivity contribution is 0.0600. The fourth-order valence-corrected chi connectivity index (χ4v) is 4.33. The minimum atomic E-state index is -3.85. The fourth-order valence-electron chi connectivity index (χ4n) is 2.83. The van der Waals surface area contributed by atoms with Crippen LogP contribution in [0.1, 0.15) is 34.5 Å². The molecule has 1 N–H and O–H groups in total. The molecule has 0 aromatic heterocycles. The van der Waals surface area contributed by atoms with Crippen LogP contribution in [-0.2, 0) is 14.8 Å². The molecule has 8 heteroatoms. The van der Waals surface area contributed by atoms with Gasteiger partial charge in [0.2, 0.25) is 10.0 Å². The minimum absolute atomic E-state index is 0.0368. The van der Waals surface area contributed by atoms with E-state index in [2.05, 4.69) is 9.46 Å². The highest BCUT2D eigenvalue weighted by Crippen LogP contribution is 2.33. The van der Waals surface area contributed by atoms with Gasteiger partial charge in [-0.2, -0.15) is 0 Å². The standard InChI is InChI=1S/C19H21NO6S/c1-12-4-5-15(19(21)24-3)11-18(12)27(22,23)20-13(2)14-6-7-16-17(10-14)26-9-8-25-16/h4-7,10-11,13,20H,8-9H2,1-3H3/t13-/m1/s1. The van der Waals surface area contributed by atoms with Crippen LogP contribution in [-0.4, -0.2) is 34.7 Å². The Morgan fingerprint density at radius 2 is 1.81 bits per heavy atom. The van der Waals surface area contributed by atoms with Crippen molar-refractivity contribution in [3.8, 4) is 11.5 Å². The number of rotatable bonds is 5. The van der Waals surface area contributed by atoms with Crippen molar-refractivity contribution in [3.05, 3.63) is 53.1 Å². The van der Waals surface area contributed by atoms with E-state index in [4.69, 9.17) is 9.47 Å². The zero-order chi connectivity index (χ0) is 19.6. The van der Waals surface area contributed by atoms with Gasteiger partial charge in [0.05, 0.1) is 17.6 Å².